The van der Waals surface area contributed by atoms with E-state index in [0.29, 0.717) is 6.54 Å². The highest BCUT2D eigenvalue weighted by Gasteiger charge is 2.13. The van der Waals surface area contributed by atoms with Crippen LogP contribution in [0.25, 0.3) is 0 Å². The molecule has 5 heteroatoms. The predicted molar refractivity (Wildman–Crippen MR) is 58.7 cm³/mol. The maximum atomic E-state index is 10.0. The van der Waals surface area contributed by atoms with Crippen LogP contribution in [0.5, 0.6) is 0 Å². The summed E-state index contributed by atoms with van der Waals surface area (Å²) in [5, 5.41) is 16.0. The molecule has 2 heterocycles. The number of aryl methyl sites for hydroxylation is 1. The summed E-state index contributed by atoms with van der Waals surface area (Å²) in [4.78, 5) is 5.08. The Balaban J connectivity index is 2.11. The van der Waals surface area contributed by atoms with Gasteiger partial charge in [0, 0.05) is 4.88 Å². The van der Waals surface area contributed by atoms with Crippen molar-refractivity contribution >= 4 is 11.3 Å². The van der Waals surface area contributed by atoms with Crippen molar-refractivity contribution in [1.82, 2.24) is 14.8 Å². The molecular formula is C10H13N3OS. The highest BCUT2D eigenvalue weighted by molar-refractivity contribution is 7.10. The SMILES string of the molecule is CCc1sccc1C(O)Cn1cncn1. The molecule has 2 aromatic heterocycles. The van der Waals surface area contributed by atoms with Crippen LogP contribution in [0.1, 0.15) is 23.5 Å². The first-order valence-corrected chi connectivity index (χ1v) is 5.76. The Bertz CT molecular complexity index is 410. The van der Waals surface area contributed by atoms with Crippen molar-refractivity contribution in [2.75, 3.05) is 0 Å². The molecule has 4 nitrogen and oxygen atoms in total. The predicted octanol–water partition coefficient (Wildman–Crippen LogP) is 1.64. The van der Waals surface area contributed by atoms with Crippen LogP contribution in [0, 0.1) is 0 Å². The summed E-state index contributed by atoms with van der Waals surface area (Å²) in [5.41, 5.74) is 1.01. The second-order valence-electron chi connectivity index (χ2n) is 3.29. The van der Waals surface area contributed by atoms with Crippen LogP contribution in [-0.4, -0.2) is 19.9 Å². The van der Waals surface area contributed by atoms with Crippen molar-refractivity contribution in [1.29, 1.82) is 0 Å². The summed E-state index contributed by atoms with van der Waals surface area (Å²) in [6, 6.07) is 1.98. The van der Waals surface area contributed by atoms with Crippen molar-refractivity contribution in [3.8, 4) is 0 Å². The van der Waals surface area contributed by atoms with E-state index in [1.807, 2.05) is 11.4 Å². The summed E-state index contributed by atoms with van der Waals surface area (Å²) in [6.07, 6.45) is 3.55. The van der Waals surface area contributed by atoms with E-state index in [1.165, 1.54) is 11.2 Å². The van der Waals surface area contributed by atoms with Gasteiger partial charge in [0.1, 0.15) is 12.7 Å². The lowest BCUT2D eigenvalue weighted by atomic mass is 10.1. The molecule has 0 fully saturated rings. The fraction of sp³-hybridized carbons (Fsp3) is 0.400. The first-order chi connectivity index (χ1) is 7.31. The maximum absolute atomic E-state index is 10.0. The molecule has 0 aromatic carbocycles. The van der Waals surface area contributed by atoms with Gasteiger partial charge in [-0.15, -0.1) is 11.3 Å². The van der Waals surface area contributed by atoms with Gasteiger partial charge in [0.25, 0.3) is 0 Å². The molecule has 15 heavy (non-hydrogen) atoms. The third-order valence-electron chi connectivity index (χ3n) is 2.29. The van der Waals surface area contributed by atoms with E-state index in [4.69, 9.17) is 0 Å². The lowest BCUT2D eigenvalue weighted by Gasteiger charge is -2.10. The molecular weight excluding hydrogens is 210 g/mol. The Labute approximate surface area is 92.2 Å². The van der Waals surface area contributed by atoms with Crippen LogP contribution in [0.4, 0.5) is 0 Å². The average molecular weight is 223 g/mol. The summed E-state index contributed by atoms with van der Waals surface area (Å²) in [7, 11) is 0. The van der Waals surface area contributed by atoms with E-state index >= 15 is 0 Å². The van der Waals surface area contributed by atoms with Gasteiger partial charge in [-0.3, -0.25) is 4.68 Å². The van der Waals surface area contributed by atoms with Crippen molar-refractivity contribution in [2.45, 2.75) is 26.0 Å². The summed E-state index contributed by atoms with van der Waals surface area (Å²) >= 11 is 1.69. The van der Waals surface area contributed by atoms with Crippen molar-refractivity contribution in [3.63, 3.8) is 0 Å². The third kappa shape index (κ3) is 2.24. The Morgan fingerprint density at radius 1 is 1.60 bits per heavy atom. The van der Waals surface area contributed by atoms with Gasteiger partial charge in [0.05, 0.1) is 12.6 Å². The molecule has 0 amide bonds. The topological polar surface area (TPSA) is 50.9 Å². The number of hydrogen-bond donors (Lipinski definition) is 1. The summed E-state index contributed by atoms with van der Waals surface area (Å²) in [5.74, 6) is 0. The number of aliphatic hydroxyl groups is 1. The first-order valence-electron chi connectivity index (χ1n) is 4.88. The average Bonchev–Trinajstić information content (AvgIpc) is 2.86. The van der Waals surface area contributed by atoms with Gasteiger partial charge in [-0.2, -0.15) is 5.10 Å². The minimum absolute atomic E-state index is 0.462. The number of aliphatic hydroxyl groups excluding tert-OH is 1. The van der Waals surface area contributed by atoms with Gasteiger partial charge >= 0.3 is 0 Å². The van der Waals surface area contributed by atoms with Gasteiger partial charge in [0.15, 0.2) is 0 Å². The van der Waals surface area contributed by atoms with Crippen LogP contribution in [0.3, 0.4) is 0 Å². The standard InChI is InChI=1S/C10H13N3OS/c1-2-10-8(3-4-15-10)9(14)5-13-7-11-6-12-13/h3-4,6-7,9,14H,2,5H2,1H3. The van der Waals surface area contributed by atoms with E-state index in [2.05, 4.69) is 17.0 Å². The molecule has 0 aliphatic carbocycles. The van der Waals surface area contributed by atoms with Crippen molar-refractivity contribution in [2.24, 2.45) is 0 Å². The number of rotatable bonds is 4. The lowest BCUT2D eigenvalue weighted by molar-refractivity contribution is 0.151. The molecule has 1 atom stereocenters. The van der Waals surface area contributed by atoms with Gasteiger partial charge < -0.3 is 5.11 Å². The molecule has 0 aliphatic rings. The number of thiophene rings is 1. The molecule has 1 unspecified atom stereocenters. The molecule has 0 spiro atoms. The number of nitrogens with zero attached hydrogens (tertiary/aromatic N) is 3. The fourth-order valence-electron chi connectivity index (χ4n) is 1.54. The first kappa shape index (κ1) is 10.3. The highest BCUT2D eigenvalue weighted by atomic mass is 32.1. The number of hydrogen-bond acceptors (Lipinski definition) is 4. The van der Waals surface area contributed by atoms with Crippen LogP contribution >= 0.6 is 11.3 Å². The fourth-order valence-corrected chi connectivity index (χ4v) is 2.42. The normalized spacial score (nSPS) is 12.9. The minimum atomic E-state index is -0.493. The zero-order valence-electron chi connectivity index (χ0n) is 8.50. The van der Waals surface area contributed by atoms with Crippen LogP contribution in [0.2, 0.25) is 0 Å². The van der Waals surface area contributed by atoms with Gasteiger partial charge in [0.2, 0.25) is 0 Å². The lowest BCUT2D eigenvalue weighted by Crippen LogP contribution is -2.09. The molecule has 0 aliphatic heterocycles. The van der Waals surface area contributed by atoms with Gasteiger partial charge in [-0.1, -0.05) is 6.92 Å². The second kappa shape index (κ2) is 4.55. The van der Waals surface area contributed by atoms with Gasteiger partial charge in [-0.25, -0.2) is 4.98 Å². The quantitative estimate of drug-likeness (QED) is 0.857. The smallest absolute Gasteiger partial charge is 0.137 e. The van der Waals surface area contributed by atoms with Crippen LogP contribution in [-0.2, 0) is 13.0 Å². The molecule has 80 valence electrons. The van der Waals surface area contributed by atoms with E-state index in [0.717, 1.165) is 12.0 Å². The molecule has 0 saturated heterocycles. The Morgan fingerprint density at radius 3 is 3.13 bits per heavy atom. The van der Waals surface area contributed by atoms with Crippen molar-refractivity contribution in [3.05, 3.63) is 34.5 Å². The zero-order chi connectivity index (χ0) is 10.7. The summed E-state index contributed by atoms with van der Waals surface area (Å²) in [6.45, 7) is 2.56. The van der Waals surface area contributed by atoms with Crippen molar-refractivity contribution < 1.29 is 5.11 Å². The summed E-state index contributed by atoms with van der Waals surface area (Å²) < 4.78 is 1.64. The van der Waals surface area contributed by atoms with E-state index < -0.39 is 6.10 Å². The molecule has 2 aromatic rings. The minimum Gasteiger partial charge on any atom is -0.386 e. The van der Waals surface area contributed by atoms with E-state index in [-0.39, 0.29) is 0 Å². The zero-order valence-corrected chi connectivity index (χ0v) is 9.31. The third-order valence-corrected chi connectivity index (χ3v) is 3.37. The molecule has 2 rings (SSSR count). The van der Waals surface area contributed by atoms with Gasteiger partial charge in [-0.05, 0) is 23.4 Å². The second-order valence-corrected chi connectivity index (χ2v) is 4.29. The largest absolute Gasteiger partial charge is 0.386 e. The maximum Gasteiger partial charge on any atom is 0.137 e. The Morgan fingerprint density at radius 2 is 2.47 bits per heavy atom. The Kier molecular flexibility index (Phi) is 3.13. The molecule has 0 saturated carbocycles. The van der Waals surface area contributed by atoms with Crippen LogP contribution in [0.15, 0.2) is 24.1 Å². The molecule has 0 bridgehead atoms. The van der Waals surface area contributed by atoms with Crippen LogP contribution < -0.4 is 0 Å². The molecule has 0 radical (unpaired) electrons. The van der Waals surface area contributed by atoms with E-state index in [1.54, 1.807) is 22.3 Å². The number of aromatic nitrogens is 3. The molecule has 1 N–H and O–H groups in total. The monoisotopic (exact) mass is 223 g/mol. The Hall–Kier alpha value is -1.20. The highest BCUT2D eigenvalue weighted by Crippen LogP contribution is 2.24. The van der Waals surface area contributed by atoms with E-state index in [9.17, 15) is 5.11 Å².